The lowest BCUT2D eigenvalue weighted by atomic mass is 10.1. The molecule has 0 aliphatic heterocycles. The van der Waals surface area contributed by atoms with E-state index in [4.69, 9.17) is 15.2 Å². The summed E-state index contributed by atoms with van der Waals surface area (Å²) in [5.74, 6) is 1.48. The molecule has 0 unspecified atom stereocenters. The van der Waals surface area contributed by atoms with Crippen LogP contribution in [0.5, 0.6) is 11.5 Å². The normalized spacial score (nSPS) is 10.9. The van der Waals surface area contributed by atoms with Crippen molar-refractivity contribution in [3.8, 4) is 11.5 Å². The molecule has 7 heteroatoms. The average molecular weight is 487 g/mol. The maximum atomic E-state index is 13.1. The number of hydrogen-bond acceptors (Lipinski definition) is 3. The van der Waals surface area contributed by atoms with E-state index in [1.807, 2.05) is 39.0 Å². The Morgan fingerprint density at radius 1 is 1.11 bits per heavy atom. The SMILES string of the molecule is CCOc1ccc(OCC)c(NC(N)=NCCc2ccc(F)cc2C)c1.I. The van der Waals surface area contributed by atoms with E-state index in [9.17, 15) is 4.39 Å². The van der Waals surface area contributed by atoms with E-state index in [1.165, 1.54) is 12.1 Å². The van der Waals surface area contributed by atoms with Crippen LogP contribution in [0.2, 0.25) is 0 Å². The number of benzene rings is 2. The second-order valence-corrected chi connectivity index (χ2v) is 5.74. The number of anilines is 1. The van der Waals surface area contributed by atoms with Gasteiger partial charge in [-0.05, 0) is 62.6 Å². The Hall–Kier alpha value is -2.03. The second-order valence-electron chi connectivity index (χ2n) is 5.74. The molecule has 3 N–H and O–H groups in total. The summed E-state index contributed by atoms with van der Waals surface area (Å²) in [6.07, 6.45) is 0.686. The molecule has 2 aromatic rings. The summed E-state index contributed by atoms with van der Waals surface area (Å²) >= 11 is 0. The zero-order valence-corrected chi connectivity index (χ0v) is 18.3. The van der Waals surface area contributed by atoms with Gasteiger partial charge in [0.05, 0.1) is 18.9 Å². The first-order chi connectivity index (χ1) is 12.5. The number of hydrogen-bond donors (Lipinski definition) is 2. The molecule has 5 nitrogen and oxygen atoms in total. The molecule has 2 aromatic carbocycles. The summed E-state index contributed by atoms with van der Waals surface area (Å²) in [6, 6.07) is 10.3. The van der Waals surface area contributed by atoms with Gasteiger partial charge in [-0.3, -0.25) is 4.99 Å². The van der Waals surface area contributed by atoms with Crippen molar-refractivity contribution in [2.75, 3.05) is 25.1 Å². The smallest absolute Gasteiger partial charge is 0.193 e. The molecule has 0 aromatic heterocycles. The number of nitrogens with zero attached hydrogens (tertiary/aromatic N) is 1. The first-order valence-corrected chi connectivity index (χ1v) is 8.75. The minimum absolute atomic E-state index is 0. The molecule has 0 saturated carbocycles. The van der Waals surface area contributed by atoms with Crippen LogP contribution in [-0.2, 0) is 6.42 Å². The van der Waals surface area contributed by atoms with E-state index < -0.39 is 0 Å². The summed E-state index contributed by atoms with van der Waals surface area (Å²) in [6.45, 7) is 7.36. The van der Waals surface area contributed by atoms with Crippen LogP contribution >= 0.6 is 24.0 Å². The summed E-state index contributed by atoms with van der Waals surface area (Å²) in [7, 11) is 0. The summed E-state index contributed by atoms with van der Waals surface area (Å²) in [5, 5.41) is 3.07. The number of rotatable bonds is 8. The van der Waals surface area contributed by atoms with Crippen LogP contribution in [0.3, 0.4) is 0 Å². The van der Waals surface area contributed by atoms with Gasteiger partial charge in [0, 0.05) is 12.6 Å². The van der Waals surface area contributed by atoms with Crippen molar-refractivity contribution in [1.82, 2.24) is 0 Å². The van der Waals surface area contributed by atoms with Crippen molar-refractivity contribution in [3.05, 3.63) is 53.3 Å². The lowest BCUT2D eigenvalue weighted by Crippen LogP contribution is -2.23. The Morgan fingerprint density at radius 3 is 2.52 bits per heavy atom. The van der Waals surface area contributed by atoms with E-state index in [-0.39, 0.29) is 29.8 Å². The van der Waals surface area contributed by atoms with Gasteiger partial charge < -0.3 is 20.5 Å². The predicted molar refractivity (Wildman–Crippen MR) is 119 cm³/mol. The predicted octanol–water partition coefficient (Wildman–Crippen LogP) is 4.52. The lowest BCUT2D eigenvalue weighted by molar-refractivity contribution is 0.332. The summed E-state index contributed by atoms with van der Waals surface area (Å²) < 4.78 is 24.3. The number of halogens is 2. The Balaban J connectivity index is 0.00000364. The van der Waals surface area contributed by atoms with E-state index in [0.29, 0.717) is 43.6 Å². The fraction of sp³-hybridized carbons (Fsp3) is 0.350. The van der Waals surface area contributed by atoms with Crippen molar-refractivity contribution >= 4 is 35.6 Å². The maximum absolute atomic E-state index is 13.1. The molecule has 0 spiro atoms. The lowest BCUT2D eigenvalue weighted by Gasteiger charge is -2.14. The minimum atomic E-state index is -0.228. The quantitative estimate of drug-likeness (QED) is 0.327. The van der Waals surface area contributed by atoms with Gasteiger partial charge in [0.1, 0.15) is 17.3 Å². The monoisotopic (exact) mass is 487 g/mol. The topological polar surface area (TPSA) is 68.9 Å². The average Bonchev–Trinajstić information content (AvgIpc) is 2.59. The molecule has 0 saturated heterocycles. The highest BCUT2D eigenvalue weighted by atomic mass is 127. The molecule has 0 heterocycles. The van der Waals surface area contributed by atoms with Crippen molar-refractivity contribution < 1.29 is 13.9 Å². The van der Waals surface area contributed by atoms with Crippen LogP contribution in [0.15, 0.2) is 41.4 Å². The van der Waals surface area contributed by atoms with Crippen LogP contribution in [0, 0.1) is 12.7 Å². The third-order valence-electron chi connectivity index (χ3n) is 3.79. The Morgan fingerprint density at radius 2 is 1.85 bits per heavy atom. The third kappa shape index (κ3) is 7.24. The fourth-order valence-electron chi connectivity index (χ4n) is 2.56. The van der Waals surface area contributed by atoms with Crippen LogP contribution in [0.25, 0.3) is 0 Å². The van der Waals surface area contributed by atoms with Crippen LogP contribution < -0.4 is 20.5 Å². The number of aryl methyl sites for hydroxylation is 1. The van der Waals surface area contributed by atoms with Gasteiger partial charge in [-0.25, -0.2) is 4.39 Å². The minimum Gasteiger partial charge on any atom is -0.494 e. The molecular weight excluding hydrogens is 460 g/mol. The third-order valence-corrected chi connectivity index (χ3v) is 3.79. The van der Waals surface area contributed by atoms with Crippen molar-refractivity contribution in [1.29, 1.82) is 0 Å². The van der Waals surface area contributed by atoms with Crippen LogP contribution in [0.1, 0.15) is 25.0 Å². The molecule has 0 fully saturated rings. The number of ether oxygens (including phenoxy) is 2. The highest BCUT2D eigenvalue weighted by molar-refractivity contribution is 14.0. The zero-order chi connectivity index (χ0) is 18.9. The highest BCUT2D eigenvalue weighted by Gasteiger charge is 2.07. The highest BCUT2D eigenvalue weighted by Crippen LogP contribution is 2.29. The Labute approximate surface area is 177 Å². The summed E-state index contributed by atoms with van der Waals surface area (Å²) in [4.78, 5) is 4.35. The first-order valence-electron chi connectivity index (χ1n) is 8.75. The van der Waals surface area contributed by atoms with Crippen LogP contribution in [-0.4, -0.2) is 25.7 Å². The van der Waals surface area contributed by atoms with Gasteiger partial charge in [-0.1, -0.05) is 6.07 Å². The van der Waals surface area contributed by atoms with E-state index in [0.717, 1.165) is 16.9 Å². The van der Waals surface area contributed by atoms with Crippen LogP contribution in [0.4, 0.5) is 10.1 Å². The van der Waals surface area contributed by atoms with Gasteiger partial charge >= 0.3 is 0 Å². The van der Waals surface area contributed by atoms with E-state index >= 15 is 0 Å². The largest absolute Gasteiger partial charge is 0.494 e. The van der Waals surface area contributed by atoms with E-state index in [2.05, 4.69) is 10.3 Å². The van der Waals surface area contributed by atoms with Gasteiger partial charge in [0.15, 0.2) is 5.96 Å². The molecule has 2 rings (SSSR count). The molecule has 0 aliphatic carbocycles. The molecule has 27 heavy (non-hydrogen) atoms. The van der Waals surface area contributed by atoms with Gasteiger partial charge in [0.25, 0.3) is 0 Å². The fourth-order valence-corrected chi connectivity index (χ4v) is 2.56. The zero-order valence-electron chi connectivity index (χ0n) is 15.9. The Bertz CT molecular complexity index is 769. The molecule has 0 amide bonds. The van der Waals surface area contributed by atoms with Gasteiger partial charge in [-0.15, -0.1) is 24.0 Å². The van der Waals surface area contributed by atoms with Crippen molar-refractivity contribution in [2.45, 2.75) is 27.2 Å². The second kappa shape index (κ2) is 11.6. The molecule has 0 atom stereocenters. The standard InChI is InChI=1S/C20H26FN3O2.HI/c1-4-25-17-8-9-19(26-5-2)18(13-17)24-20(22)23-11-10-15-6-7-16(21)12-14(15)3;/h6-9,12-13H,4-5,10-11H2,1-3H3,(H3,22,23,24);1H. The Kier molecular flexibility index (Phi) is 9.92. The van der Waals surface area contributed by atoms with Crippen molar-refractivity contribution in [2.24, 2.45) is 10.7 Å². The number of nitrogens with one attached hydrogen (secondary N) is 1. The number of guanidine groups is 1. The maximum Gasteiger partial charge on any atom is 0.193 e. The number of aliphatic imine (C=N–C) groups is 1. The molecule has 0 bridgehead atoms. The molecule has 148 valence electrons. The summed E-state index contributed by atoms with van der Waals surface area (Å²) in [5.41, 5.74) is 8.67. The van der Waals surface area contributed by atoms with Gasteiger partial charge in [0.2, 0.25) is 0 Å². The van der Waals surface area contributed by atoms with Gasteiger partial charge in [-0.2, -0.15) is 0 Å². The molecule has 0 radical (unpaired) electrons. The van der Waals surface area contributed by atoms with E-state index in [1.54, 1.807) is 6.07 Å². The first kappa shape index (κ1) is 23.0. The van der Waals surface area contributed by atoms with Crippen molar-refractivity contribution in [3.63, 3.8) is 0 Å². The molecular formula is C20H27FIN3O2. The number of nitrogens with two attached hydrogens (primary N) is 1. The molecule has 0 aliphatic rings.